The number of nitrogens with zero attached hydrogens (tertiary/aromatic N) is 2. The number of hydrogen-bond acceptors (Lipinski definition) is 3. The Morgan fingerprint density at radius 2 is 2.23 bits per heavy atom. The van der Waals surface area contributed by atoms with Gasteiger partial charge in [0.05, 0.1) is 21.1 Å². The highest BCUT2D eigenvalue weighted by Crippen LogP contribution is 2.12. The standard InChI is InChI=1S/C9H4N2OS/c12-8-3-5-6(11-8)1-2-7-9(5)10-4-13-7/h1-4H. The zero-order valence-electron chi connectivity index (χ0n) is 6.52. The highest BCUT2D eigenvalue weighted by atomic mass is 32.1. The number of carbonyl (C=O) groups is 1. The minimum atomic E-state index is -0.185. The van der Waals surface area contributed by atoms with Gasteiger partial charge in [0, 0.05) is 11.3 Å². The maximum atomic E-state index is 11.0. The number of amides is 1. The average molecular weight is 188 g/mol. The van der Waals surface area contributed by atoms with Crippen LogP contribution in [0.15, 0.2) is 22.6 Å². The third-order valence-electron chi connectivity index (χ3n) is 2.02. The molecule has 1 aliphatic heterocycles. The summed E-state index contributed by atoms with van der Waals surface area (Å²) in [6.07, 6.45) is 1.54. The molecule has 0 saturated heterocycles. The Balaban J connectivity index is 2.69. The normalized spacial score (nSPS) is 14.0. The van der Waals surface area contributed by atoms with Gasteiger partial charge in [0.1, 0.15) is 0 Å². The predicted molar refractivity (Wildman–Crippen MR) is 49.9 cm³/mol. The summed E-state index contributed by atoms with van der Waals surface area (Å²) in [5.74, 6) is -0.185. The topological polar surface area (TPSA) is 42.3 Å². The second-order valence-electron chi connectivity index (χ2n) is 2.79. The first-order chi connectivity index (χ1) is 6.34. The van der Waals surface area contributed by atoms with E-state index >= 15 is 0 Å². The highest BCUT2D eigenvalue weighted by Gasteiger charge is 2.07. The molecule has 2 aromatic rings. The Bertz CT molecular complexity index is 627. The van der Waals surface area contributed by atoms with Crippen molar-refractivity contribution in [2.75, 3.05) is 0 Å². The quantitative estimate of drug-likeness (QED) is 0.594. The van der Waals surface area contributed by atoms with E-state index in [4.69, 9.17) is 0 Å². The molecule has 1 aromatic heterocycles. The summed E-state index contributed by atoms with van der Waals surface area (Å²) in [6, 6.07) is 3.80. The molecular formula is C9H4N2OS. The minimum absolute atomic E-state index is 0.185. The first-order valence-electron chi connectivity index (χ1n) is 3.81. The Kier molecular flexibility index (Phi) is 1.19. The summed E-state index contributed by atoms with van der Waals surface area (Å²) in [5.41, 5.74) is 2.67. The van der Waals surface area contributed by atoms with E-state index in [1.54, 1.807) is 16.8 Å². The van der Waals surface area contributed by atoms with Crippen molar-refractivity contribution in [2.45, 2.75) is 0 Å². The monoisotopic (exact) mass is 188 g/mol. The van der Waals surface area contributed by atoms with Crippen LogP contribution in [0.1, 0.15) is 0 Å². The molecule has 0 fully saturated rings. The molecule has 3 rings (SSSR count). The summed E-state index contributed by atoms with van der Waals surface area (Å²) in [7, 11) is 0. The molecule has 4 heteroatoms. The van der Waals surface area contributed by atoms with Gasteiger partial charge in [0.15, 0.2) is 0 Å². The van der Waals surface area contributed by atoms with Gasteiger partial charge in [-0.3, -0.25) is 4.79 Å². The average Bonchev–Trinajstić information content (AvgIpc) is 2.65. The summed E-state index contributed by atoms with van der Waals surface area (Å²) in [4.78, 5) is 19.1. The number of benzene rings is 1. The first-order valence-corrected chi connectivity index (χ1v) is 4.69. The lowest BCUT2D eigenvalue weighted by Gasteiger charge is -1.85. The molecule has 1 amide bonds. The van der Waals surface area contributed by atoms with Gasteiger partial charge in [-0.05, 0) is 12.1 Å². The van der Waals surface area contributed by atoms with Crippen LogP contribution in [0.4, 0.5) is 0 Å². The summed E-state index contributed by atoms with van der Waals surface area (Å²) < 4.78 is 1.10. The van der Waals surface area contributed by atoms with Crippen LogP contribution in [0.25, 0.3) is 16.3 Å². The highest BCUT2D eigenvalue weighted by molar-refractivity contribution is 7.16. The second kappa shape index (κ2) is 2.23. The molecule has 0 N–H and O–H groups in total. The molecule has 13 heavy (non-hydrogen) atoms. The van der Waals surface area contributed by atoms with Crippen molar-refractivity contribution >= 4 is 33.5 Å². The van der Waals surface area contributed by atoms with Crippen molar-refractivity contribution in [3.05, 3.63) is 28.2 Å². The number of carbonyl (C=O) groups excluding carboxylic acids is 1. The number of aromatic nitrogens is 1. The number of rotatable bonds is 0. The van der Waals surface area contributed by atoms with Gasteiger partial charge >= 0.3 is 0 Å². The van der Waals surface area contributed by atoms with Crippen LogP contribution in [0.3, 0.4) is 0 Å². The lowest BCUT2D eigenvalue weighted by atomic mass is 10.2. The first kappa shape index (κ1) is 6.91. The van der Waals surface area contributed by atoms with Gasteiger partial charge in [-0.2, -0.15) is 0 Å². The maximum absolute atomic E-state index is 11.0. The van der Waals surface area contributed by atoms with E-state index in [0.29, 0.717) is 0 Å². The molecule has 3 nitrogen and oxygen atoms in total. The molecule has 0 unspecified atom stereocenters. The van der Waals surface area contributed by atoms with E-state index < -0.39 is 0 Å². The zero-order valence-corrected chi connectivity index (χ0v) is 7.34. The molecule has 1 aromatic carbocycles. The van der Waals surface area contributed by atoms with E-state index in [2.05, 4.69) is 9.98 Å². The Labute approximate surface area is 77.1 Å². The van der Waals surface area contributed by atoms with Crippen LogP contribution in [-0.4, -0.2) is 10.9 Å². The molecule has 0 aliphatic carbocycles. The summed E-state index contributed by atoms with van der Waals surface area (Å²) in [5, 5.41) is 1.60. The van der Waals surface area contributed by atoms with Gasteiger partial charge in [0.25, 0.3) is 5.91 Å². The SMILES string of the molecule is O=C1C=c2c(ccc3scnc23)=N1. The van der Waals surface area contributed by atoms with Gasteiger partial charge in [-0.25, -0.2) is 9.98 Å². The fourth-order valence-electron chi connectivity index (χ4n) is 1.46. The third kappa shape index (κ3) is 0.860. The van der Waals surface area contributed by atoms with Crippen molar-refractivity contribution in [3.63, 3.8) is 0 Å². The predicted octanol–water partition coefficient (Wildman–Crippen LogP) is 0.237. The summed E-state index contributed by atoms with van der Waals surface area (Å²) in [6.45, 7) is 0. The lowest BCUT2D eigenvalue weighted by Crippen LogP contribution is -2.21. The van der Waals surface area contributed by atoms with Gasteiger partial charge in [-0.1, -0.05) is 0 Å². The minimum Gasteiger partial charge on any atom is -0.267 e. The third-order valence-corrected chi connectivity index (χ3v) is 2.81. The van der Waals surface area contributed by atoms with Gasteiger partial charge in [-0.15, -0.1) is 11.3 Å². The van der Waals surface area contributed by atoms with Gasteiger partial charge < -0.3 is 0 Å². The maximum Gasteiger partial charge on any atom is 0.271 e. The number of hydrogen-bond donors (Lipinski definition) is 0. The van der Waals surface area contributed by atoms with Crippen molar-refractivity contribution in [1.82, 2.24) is 4.98 Å². The molecule has 2 heterocycles. The smallest absolute Gasteiger partial charge is 0.267 e. The second-order valence-corrected chi connectivity index (χ2v) is 3.68. The lowest BCUT2D eigenvalue weighted by molar-refractivity contribution is -0.112. The Morgan fingerprint density at radius 1 is 1.31 bits per heavy atom. The molecule has 0 bridgehead atoms. The molecule has 1 aliphatic rings. The van der Waals surface area contributed by atoms with Crippen LogP contribution >= 0.6 is 11.3 Å². The Morgan fingerprint density at radius 3 is 3.15 bits per heavy atom. The van der Waals surface area contributed by atoms with Gasteiger partial charge in [0.2, 0.25) is 0 Å². The summed E-state index contributed by atoms with van der Waals surface area (Å²) >= 11 is 1.57. The van der Waals surface area contributed by atoms with E-state index in [1.807, 2.05) is 12.1 Å². The Hall–Kier alpha value is -1.55. The van der Waals surface area contributed by atoms with Crippen molar-refractivity contribution < 1.29 is 4.79 Å². The van der Waals surface area contributed by atoms with Crippen LogP contribution < -0.4 is 10.6 Å². The molecule has 0 radical (unpaired) electrons. The van der Waals surface area contributed by atoms with Crippen LogP contribution in [0.2, 0.25) is 0 Å². The molecule has 0 atom stereocenters. The van der Waals surface area contributed by atoms with E-state index in [1.165, 1.54) is 6.08 Å². The zero-order chi connectivity index (χ0) is 8.84. The van der Waals surface area contributed by atoms with Crippen LogP contribution in [-0.2, 0) is 4.79 Å². The van der Waals surface area contributed by atoms with E-state index in [-0.39, 0.29) is 5.91 Å². The molecule has 0 spiro atoms. The van der Waals surface area contributed by atoms with Crippen LogP contribution in [0, 0.1) is 0 Å². The van der Waals surface area contributed by atoms with Crippen LogP contribution in [0.5, 0.6) is 0 Å². The van der Waals surface area contributed by atoms with E-state index in [0.717, 1.165) is 20.8 Å². The largest absolute Gasteiger partial charge is 0.271 e. The van der Waals surface area contributed by atoms with Crippen molar-refractivity contribution in [2.24, 2.45) is 4.99 Å². The number of thiazole rings is 1. The van der Waals surface area contributed by atoms with E-state index in [9.17, 15) is 4.79 Å². The number of fused-ring (bicyclic) bond motifs is 3. The fraction of sp³-hybridized carbons (Fsp3) is 0. The molecular weight excluding hydrogens is 184 g/mol. The molecule has 62 valence electrons. The van der Waals surface area contributed by atoms with Crippen molar-refractivity contribution in [3.8, 4) is 0 Å². The fourth-order valence-corrected chi connectivity index (χ4v) is 2.15. The van der Waals surface area contributed by atoms with Crippen molar-refractivity contribution in [1.29, 1.82) is 0 Å². The molecule has 0 saturated carbocycles.